The van der Waals surface area contributed by atoms with E-state index in [-0.39, 0.29) is 12.1 Å². The van der Waals surface area contributed by atoms with Crippen LogP contribution in [0.5, 0.6) is 0 Å². The molecule has 3 atom stereocenters. The summed E-state index contributed by atoms with van der Waals surface area (Å²) < 4.78 is 13.0. The van der Waals surface area contributed by atoms with Gasteiger partial charge in [0.05, 0.1) is 24.8 Å². The van der Waals surface area contributed by atoms with Gasteiger partial charge in [-0.05, 0) is 26.7 Å². The molecule has 0 aliphatic carbocycles. The van der Waals surface area contributed by atoms with E-state index < -0.39 is 0 Å². The molecule has 0 spiro atoms. The lowest BCUT2D eigenvalue weighted by molar-refractivity contribution is 0.0992. The standard InChI is InChI=1S/C13H23N3O2/c1-10(9-17-3)16-7-6-14-13(16)15-11(2)12-5-4-8-18-12/h6-7,10-12H,4-5,8-9H2,1-3H3,(H,14,15). The maximum atomic E-state index is 5.69. The number of aromatic nitrogens is 2. The Hall–Kier alpha value is -1.07. The number of methoxy groups -OCH3 is 1. The van der Waals surface area contributed by atoms with Gasteiger partial charge in [-0.2, -0.15) is 0 Å². The third kappa shape index (κ3) is 3.03. The van der Waals surface area contributed by atoms with Gasteiger partial charge in [-0.1, -0.05) is 0 Å². The Kier molecular flexibility index (Phi) is 4.60. The zero-order chi connectivity index (χ0) is 13.0. The number of hydrogen-bond acceptors (Lipinski definition) is 4. The summed E-state index contributed by atoms with van der Waals surface area (Å²) in [6.07, 6.45) is 6.38. The van der Waals surface area contributed by atoms with E-state index in [2.05, 4.69) is 28.7 Å². The van der Waals surface area contributed by atoms with Crippen molar-refractivity contribution in [1.82, 2.24) is 9.55 Å². The molecule has 18 heavy (non-hydrogen) atoms. The smallest absolute Gasteiger partial charge is 0.203 e. The van der Waals surface area contributed by atoms with Crippen molar-refractivity contribution in [3.8, 4) is 0 Å². The van der Waals surface area contributed by atoms with E-state index >= 15 is 0 Å². The van der Waals surface area contributed by atoms with Gasteiger partial charge in [0, 0.05) is 26.1 Å². The molecule has 5 nitrogen and oxygen atoms in total. The van der Waals surface area contributed by atoms with Crippen molar-refractivity contribution in [2.75, 3.05) is 25.6 Å². The predicted octanol–water partition coefficient (Wildman–Crippen LogP) is 2.07. The lowest BCUT2D eigenvalue weighted by atomic mass is 10.1. The molecule has 1 aliphatic heterocycles. The van der Waals surface area contributed by atoms with Crippen molar-refractivity contribution in [2.24, 2.45) is 0 Å². The fraction of sp³-hybridized carbons (Fsp3) is 0.769. The molecule has 102 valence electrons. The second-order valence-corrected chi connectivity index (χ2v) is 4.95. The highest BCUT2D eigenvalue weighted by atomic mass is 16.5. The number of nitrogens with zero attached hydrogens (tertiary/aromatic N) is 2. The molecule has 0 radical (unpaired) electrons. The molecule has 0 aromatic carbocycles. The molecule has 1 fully saturated rings. The van der Waals surface area contributed by atoms with Crippen molar-refractivity contribution in [3.63, 3.8) is 0 Å². The minimum Gasteiger partial charge on any atom is -0.383 e. The van der Waals surface area contributed by atoms with Gasteiger partial charge in [-0.3, -0.25) is 0 Å². The van der Waals surface area contributed by atoms with Gasteiger partial charge in [-0.25, -0.2) is 4.98 Å². The van der Waals surface area contributed by atoms with Crippen LogP contribution in [0, 0.1) is 0 Å². The summed E-state index contributed by atoms with van der Waals surface area (Å²) in [6.45, 7) is 5.83. The van der Waals surface area contributed by atoms with Crippen LogP contribution in [0.15, 0.2) is 12.4 Å². The first kappa shape index (κ1) is 13.4. The largest absolute Gasteiger partial charge is 0.383 e. The molecule has 0 bridgehead atoms. The monoisotopic (exact) mass is 253 g/mol. The fourth-order valence-electron chi connectivity index (χ4n) is 2.40. The van der Waals surface area contributed by atoms with Crippen LogP contribution >= 0.6 is 0 Å². The number of rotatable bonds is 6. The van der Waals surface area contributed by atoms with Gasteiger partial charge in [0.25, 0.3) is 0 Å². The van der Waals surface area contributed by atoms with Crippen molar-refractivity contribution in [2.45, 2.75) is 44.9 Å². The van der Waals surface area contributed by atoms with Crippen molar-refractivity contribution in [1.29, 1.82) is 0 Å². The molecule has 2 heterocycles. The Bertz CT molecular complexity index is 361. The van der Waals surface area contributed by atoms with E-state index in [0.29, 0.717) is 12.7 Å². The number of nitrogens with one attached hydrogen (secondary N) is 1. The van der Waals surface area contributed by atoms with Gasteiger partial charge >= 0.3 is 0 Å². The minimum absolute atomic E-state index is 0.275. The molecule has 2 rings (SSSR count). The summed E-state index contributed by atoms with van der Waals surface area (Å²) >= 11 is 0. The van der Waals surface area contributed by atoms with Crippen molar-refractivity contribution >= 4 is 5.95 Å². The van der Waals surface area contributed by atoms with Crippen LogP contribution in [0.1, 0.15) is 32.7 Å². The van der Waals surface area contributed by atoms with Gasteiger partial charge in [-0.15, -0.1) is 0 Å². The van der Waals surface area contributed by atoms with Crippen molar-refractivity contribution in [3.05, 3.63) is 12.4 Å². The second-order valence-electron chi connectivity index (χ2n) is 4.95. The Morgan fingerprint density at radius 2 is 2.44 bits per heavy atom. The number of imidazole rings is 1. The van der Waals surface area contributed by atoms with Gasteiger partial charge in [0.2, 0.25) is 5.95 Å². The van der Waals surface area contributed by atoms with E-state index in [0.717, 1.165) is 25.4 Å². The van der Waals surface area contributed by atoms with E-state index in [1.165, 1.54) is 0 Å². The fourth-order valence-corrected chi connectivity index (χ4v) is 2.40. The maximum Gasteiger partial charge on any atom is 0.203 e. The van der Waals surface area contributed by atoms with E-state index in [1.807, 2.05) is 12.4 Å². The molecule has 1 aromatic heterocycles. The van der Waals surface area contributed by atoms with Crippen LogP contribution in [0.4, 0.5) is 5.95 Å². The Labute approximate surface area is 108 Å². The number of ether oxygens (including phenoxy) is 2. The van der Waals surface area contributed by atoms with Crippen molar-refractivity contribution < 1.29 is 9.47 Å². The summed E-state index contributed by atoms with van der Waals surface area (Å²) in [5.41, 5.74) is 0. The highest BCUT2D eigenvalue weighted by Crippen LogP contribution is 2.20. The normalized spacial score (nSPS) is 22.9. The van der Waals surface area contributed by atoms with Crippen LogP contribution < -0.4 is 5.32 Å². The molecule has 0 amide bonds. The zero-order valence-corrected chi connectivity index (χ0v) is 11.4. The molecular formula is C13H23N3O2. The summed E-state index contributed by atoms with van der Waals surface area (Å²) in [7, 11) is 1.72. The molecule has 1 aromatic rings. The molecule has 1 saturated heterocycles. The van der Waals surface area contributed by atoms with E-state index in [1.54, 1.807) is 7.11 Å². The van der Waals surface area contributed by atoms with Crippen LogP contribution in [0.25, 0.3) is 0 Å². The lowest BCUT2D eigenvalue weighted by Gasteiger charge is -2.23. The number of anilines is 1. The molecule has 5 heteroatoms. The van der Waals surface area contributed by atoms with Gasteiger partial charge < -0.3 is 19.4 Å². The van der Waals surface area contributed by atoms with Gasteiger partial charge in [0.1, 0.15) is 0 Å². The summed E-state index contributed by atoms with van der Waals surface area (Å²) in [5, 5.41) is 3.44. The van der Waals surface area contributed by atoms with E-state index in [9.17, 15) is 0 Å². The second kappa shape index (κ2) is 6.20. The third-order valence-corrected chi connectivity index (χ3v) is 3.43. The Morgan fingerprint density at radius 1 is 1.61 bits per heavy atom. The highest BCUT2D eigenvalue weighted by Gasteiger charge is 2.23. The molecule has 1 aliphatic rings. The molecule has 3 unspecified atom stereocenters. The average Bonchev–Trinajstić information content (AvgIpc) is 2.99. The topological polar surface area (TPSA) is 48.3 Å². The highest BCUT2D eigenvalue weighted by molar-refractivity contribution is 5.28. The quantitative estimate of drug-likeness (QED) is 0.843. The minimum atomic E-state index is 0.275. The maximum absolute atomic E-state index is 5.69. The Balaban J connectivity index is 1.98. The first-order valence-electron chi connectivity index (χ1n) is 6.62. The van der Waals surface area contributed by atoms with Crippen LogP contribution in [-0.4, -0.2) is 42.0 Å². The average molecular weight is 253 g/mol. The molecule has 0 saturated carbocycles. The van der Waals surface area contributed by atoms with Gasteiger partial charge in [0.15, 0.2) is 0 Å². The van der Waals surface area contributed by atoms with Crippen LogP contribution in [-0.2, 0) is 9.47 Å². The first-order chi connectivity index (χ1) is 8.72. The van der Waals surface area contributed by atoms with Crippen LogP contribution in [0.3, 0.4) is 0 Å². The Morgan fingerprint density at radius 3 is 3.11 bits per heavy atom. The lowest BCUT2D eigenvalue weighted by Crippen LogP contribution is -2.31. The predicted molar refractivity (Wildman–Crippen MR) is 70.9 cm³/mol. The summed E-state index contributed by atoms with van der Waals surface area (Å²) in [6, 6.07) is 0.556. The summed E-state index contributed by atoms with van der Waals surface area (Å²) in [4.78, 5) is 4.37. The number of hydrogen-bond donors (Lipinski definition) is 1. The molecular weight excluding hydrogens is 230 g/mol. The van der Waals surface area contributed by atoms with E-state index in [4.69, 9.17) is 9.47 Å². The van der Waals surface area contributed by atoms with Crippen LogP contribution in [0.2, 0.25) is 0 Å². The SMILES string of the molecule is COCC(C)n1ccnc1NC(C)C1CCCO1. The zero-order valence-electron chi connectivity index (χ0n) is 11.4. The third-order valence-electron chi connectivity index (χ3n) is 3.43. The summed E-state index contributed by atoms with van der Waals surface area (Å²) in [5.74, 6) is 0.891. The first-order valence-corrected chi connectivity index (χ1v) is 6.62. The molecule has 1 N–H and O–H groups in total.